The molecule has 0 aliphatic carbocycles. The van der Waals surface area contributed by atoms with Crippen molar-refractivity contribution in [1.29, 1.82) is 0 Å². The van der Waals surface area contributed by atoms with Gasteiger partial charge in [-0.05, 0) is 48.7 Å². The van der Waals surface area contributed by atoms with Gasteiger partial charge in [-0.25, -0.2) is 4.98 Å². The molecule has 4 rings (SSSR count). The molecule has 6 nitrogen and oxygen atoms in total. The van der Waals surface area contributed by atoms with Crippen molar-refractivity contribution in [2.75, 3.05) is 45.2 Å². The van der Waals surface area contributed by atoms with Gasteiger partial charge < -0.3 is 19.8 Å². The maximum absolute atomic E-state index is 6.20. The number of imidazole rings is 1. The van der Waals surface area contributed by atoms with Crippen LogP contribution in [-0.4, -0.2) is 53.9 Å². The highest BCUT2D eigenvalue weighted by Gasteiger charge is 2.13. The number of nitrogens with two attached hydrogens (primary N) is 1. The predicted octanol–water partition coefficient (Wildman–Crippen LogP) is 4.27. The van der Waals surface area contributed by atoms with E-state index in [4.69, 9.17) is 38.4 Å². The molecule has 3 aromatic rings. The second kappa shape index (κ2) is 9.88. The minimum atomic E-state index is 0.530. The quantitative estimate of drug-likeness (QED) is 0.521. The number of hydrogen-bond acceptors (Lipinski definition) is 5. The highest BCUT2D eigenvalue weighted by atomic mass is 35.5. The van der Waals surface area contributed by atoms with Crippen LogP contribution in [0.2, 0.25) is 10.0 Å². The topological polar surface area (TPSA) is 65.5 Å². The molecule has 8 heteroatoms. The Morgan fingerprint density at radius 3 is 2.70 bits per heavy atom. The smallest absolute Gasteiger partial charge is 0.201 e. The third-order valence-corrected chi connectivity index (χ3v) is 5.88. The molecule has 30 heavy (non-hydrogen) atoms. The SMILES string of the molecule is Nc1nc2cc(CCCOc3ccc(Cl)cc3Cl)ccc2n1CCN1CCOCC1. The summed E-state index contributed by atoms with van der Waals surface area (Å²) in [5.74, 6) is 1.22. The van der Waals surface area contributed by atoms with Crippen LogP contribution < -0.4 is 10.5 Å². The molecule has 0 saturated carbocycles. The molecule has 1 saturated heterocycles. The molecule has 0 unspecified atom stereocenters. The molecule has 160 valence electrons. The lowest BCUT2D eigenvalue weighted by atomic mass is 10.1. The van der Waals surface area contributed by atoms with E-state index in [9.17, 15) is 0 Å². The van der Waals surface area contributed by atoms with Gasteiger partial charge in [-0.1, -0.05) is 29.3 Å². The lowest BCUT2D eigenvalue weighted by Crippen LogP contribution is -2.38. The Bertz CT molecular complexity index is 1000. The minimum absolute atomic E-state index is 0.530. The number of morpholine rings is 1. The summed E-state index contributed by atoms with van der Waals surface area (Å²) in [6.45, 7) is 5.91. The summed E-state index contributed by atoms with van der Waals surface area (Å²) in [6, 6.07) is 11.6. The summed E-state index contributed by atoms with van der Waals surface area (Å²) in [6.07, 6.45) is 1.76. The van der Waals surface area contributed by atoms with Crippen molar-refractivity contribution < 1.29 is 9.47 Å². The number of benzene rings is 2. The maximum Gasteiger partial charge on any atom is 0.201 e. The van der Waals surface area contributed by atoms with Gasteiger partial charge in [0.25, 0.3) is 0 Å². The number of halogens is 2. The van der Waals surface area contributed by atoms with Gasteiger partial charge in [-0.15, -0.1) is 0 Å². The van der Waals surface area contributed by atoms with E-state index in [0.717, 1.165) is 63.3 Å². The fraction of sp³-hybridized carbons (Fsp3) is 0.409. The Morgan fingerprint density at radius 2 is 1.90 bits per heavy atom. The van der Waals surface area contributed by atoms with Gasteiger partial charge in [-0.2, -0.15) is 0 Å². The Labute approximate surface area is 186 Å². The monoisotopic (exact) mass is 448 g/mol. The average Bonchev–Trinajstić information content (AvgIpc) is 3.06. The van der Waals surface area contributed by atoms with Crippen LogP contribution >= 0.6 is 23.2 Å². The zero-order chi connectivity index (χ0) is 20.9. The van der Waals surface area contributed by atoms with Gasteiger partial charge in [0.1, 0.15) is 5.75 Å². The lowest BCUT2D eigenvalue weighted by Gasteiger charge is -2.26. The second-order valence-electron chi connectivity index (χ2n) is 7.43. The molecule has 1 aromatic heterocycles. The zero-order valence-corrected chi connectivity index (χ0v) is 18.3. The van der Waals surface area contributed by atoms with E-state index in [1.807, 2.05) is 0 Å². The summed E-state index contributed by atoms with van der Waals surface area (Å²) in [7, 11) is 0. The standard InChI is InChI=1S/C22H26Cl2N4O2/c23-17-4-6-21(18(24)15-17)30-11-1-2-16-3-5-20-19(14-16)26-22(25)28(20)8-7-27-9-12-29-13-10-27/h3-6,14-15H,1-2,7-13H2,(H2,25,26). The van der Waals surface area contributed by atoms with Crippen molar-refractivity contribution >= 4 is 40.2 Å². The Kier molecular flexibility index (Phi) is 7.00. The minimum Gasteiger partial charge on any atom is -0.492 e. The molecule has 1 aliphatic rings. The lowest BCUT2D eigenvalue weighted by molar-refractivity contribution is 0.0366. The van der Waals surface area contributed by atoms with E-state index in [1.54, 1.807) is 18.2 Å². The summed E-state index contributed by atoms with van der Waals surface area (Å²) in [4.78, 5) is 6.97. The number of nitrogen functional groups attached to an aromatic ring is 1. The molecule has 0 radical (unpaired) electrons. The van der Waals surface area contributed by atoms with Crippen LogP contribution in [0, 0.1) is 0 Å². The molecule has 2 N–H and O–H groups in total. The van der Waals surface area contributed by atoms with E-state index < -0.39 is 0 Å². The summed E-state index contributed by atoms with van der Waals surface area (Å²) < 4.78 is 13.3. The van der Waals surface area contributed by atoms with Crippen LogP contribution in [-0.2, 0) is 17.7 Å². The molecule has 1 aliphatic heterocycles. The van der Waals surface area contributed by atoms with Gasteiger partial charge in [0.05, 0.1) is 35.9 Å². The van der Waals surface area contributed by atoms with Crippen LogP contribution in [0.15, 0.2) is 36.4 Å². The molecular weight excluding hydrogens is 423 g/mol. The number of rotatable bonds is 8. The number of fused-ring (bicyclic) bond motifs is 1. The first kappa shape index (κ1) is 21.2. The predicted molar refractivity (Wildman–Crippen MR) is 122 cm³/mol. The number of aryl methyl sites for hydroxylation is 1. The third kappa shape index (κ3) is 5.19. The van der Waals surface area contributed by atoms with E-state index >= 15 is 0 Å². The first-order chi connectivity index (χ1) is 14.6. The van der Waals surface area contributed by atoms with Crippen molar-refractivity contribution in [2.24, 2.45) is 0 Å². The Balaban J connectivity index is 1.33. The summed E-state index contributed by atoms with van der Waals surface area (Å²) >= 11 is 12.1. The largest absolute Gasteiger partial charge is 0.492 e. The van der Waals surface area contributed by atoms with Crippen molar-refractivity contribution in [1.82, 2.24) is 14.5 Å². The Morgan fingerprint density at radius 1 is 1.07 bits per heavy atom. The fourth-order valence-electron chi connectivity index (χ4n) is 3.70. The maximum atomic E-state index is 6.20. The number of ether oxygens (including phenoxy) is 2. The van der Waals surface area contributed by atoms with Crippen LogP contribution in [0.1, 0.15) is 12.0 Å². The van der Waals surface area contributed by atoms with Crippen LogP contribution in [0.25, 0.3) is 11.0 Å². The van der Waals surface area contributed by atoms with E-state index in [0.29, 0.717) is 28.3 Å². The first-order valence-corrected chi connectivity index (χ1v) is 11.0. The van der Waals surface area contributed by atoms with Gasteiger partial charge in [-0.3, -0.25) is 4.90 Å². The highest BCUT2D eigenvalue weighted by Crippen LogP contribution is 2.27. The number of hydrogen-bond donors (Lipinski definition) is 1. The van der Waals surface area contributed by atoms with Crippen LogP contribution in [0.5, 0.6) is 5.75 Å². The average molecular weight is 449 g/mol. The number of nitrogens with zero attached hydrogens (tertiary/aromatic N) is 3. The Hall–Kier alpha value is -1.99. The molecule has 2 aromatic carbocycles. The van der Waals surface area contributed by atoms with Crippen molar-refractivity contribution in [3.05, 3.63) is 52.0 Å². The van der Waals surface area contributed by atoms with E-state index in [1.165, 1.54) is 5.56 Å². The van der Waals surface area contributed by atoms with Crippen LogP contribution in [0.3, 0.4) is 0 Å². The molecule has 0 bridgehead atoms. The first-order valence-electron chi connectivity index (χ1n) is 10.2. The summed E-state index contributed by atoms with van der Waals surface area (Å²) in [5, 5.41) is 1.13. The summed E-state index contributed by atoms with van der Waals surface area (Å²) in [5.41, 5.74) is 9.43. The van der Waals surface area contributed by atoms with Crippen molar-refractivity contribution in [3.63, 3.8) is 0 Å². The van der Waals surface area contributed by atoms with E-state index in [-0.39, 0.29) is 0 Å². The van der Waals surface area contributed by atoms with Crippen LogP contribution in [0.4, 0.5) is 5.95 Å². The molecule has 0 spiro atoms. The fourth-order valence-corrected chi connectivity index (χ4v) is 4.16. The van der Waals surface area contributed by atoms with Crippen molar-refractivity contribution in [2.45, 2.75) is 19.4 Å². The molecular formula is C22H26Cl2N4O2. The van der Waals surface area contributed by atoms with Crippen molar-refractivity contribution in [3.8, 4) is 5.75 Å². The van der Waals surface area contributed by atoms with Gasteiger partial charge in [0.15, 0.2) is 0 Å². The van der Waals surface area contributed by atoms with E-state index in [2.05, 4.69) is 32.7 Å². The molecule has 0 amide bonds. The van der Waals surface area contributed by atoms with Gasteiger partial charge in [0.2, 0.25) is 5.95 Å². The number of aromatic nitrogens is 2. The van der Waals surface area contributed by atoms with Gasteiger partial charge >= 0.3 is 0 Å². The molecule has 2 heterocycles. The normalized spacial score (nSPS) is 15.0. The second-order valence-corrected chi connectivity index (χ2v) is 8.27. The molecule has 0 atom stereocenters. The third-order valence-electron chi connectivity index (χ3n) is 5.35. The highest BCUT2D eigenvalue weighted by molar-refractivity contribution is 6.35. The number of anilines is 1. The zero-order valence-electron chi connectivity index (χ0n) is 16.8. The van der Waals surface area contributed by atoms with Gasteiger partial charge in [0, 0.05) is 31.2 Å². The molecule has 1 fully saturated rings.